The first-order valence-corrected chi connectivity index (χ1v) is 7.69. The summed E-state index contributed by atoms with van der Waals surface area (Å²) in [5, 5.41) is 8.37. The van der Waals surface area contributed by atoms with Gasteiger partial charge in [0.25, 0.3) is 10.1 Å². The smallest absolute Gasteiger partial charge is 0.331 e. The molecule has 1 aromatic rings. The van der Waals surface area contributed by atoms with Crippen LogP contribution < -0.4 is 0 Å². The lowest BCUT2D eigenvalue weighted by Gasteiger charge is -2.04. The van der Waals surface area contributed by atoms with Gasteiger partial charge in [0.15, 0.2) is 6.61 Å². The van der Waals surface area contributed by atoms with Crippen molar-refractivity contribution in [2.75, 3.05) is 12.4 Å². The molecule has 1 rings (SSSR count). The largest absolute Gasteiger partial charge is 0.479 e. The lowest BCUT2D eigenvalue weighted by molar-refractivity contribution is -0.139. The van der Waals surface area contributed by atoms with E-state index in [-0.39, 0.29) is 4.90 Å². The Morgan fingerprint density at radius 3 is 2.44 bits per heavy atom. The minimum Gasteiger partial charge on any atom is -0.479 e. The number of carbonyl (C=O) groups is 1. The molecule has 0 aliphatic carbocycles. The summed E-state index contributed by atoms with van der Waals surface area (Å²) in [6.45, 7) is 1.19. The molecule has 7 heteroatoms. The predicted molar refractivity (Wildman–Crippen MR) is 68.2 cm³/mol. The van der Waals surface area contributed by atoms with Crippen molar-refractivity contribution in [3.8, 4) is 0 Å². The van der Waals surface area contributed by atoms with Gasteiger partial charge in [-0.25, -0.2) is 4.79 Å². The van der Waals surface area contributed by atoms with Crippen LogP contribution in [0.25, 0.3) is 0 Å². The molecule has 18 heavy (non-hydrogen) atoms. The molecule has 0 spiro atoms. The van der Waals surface area contributed by atoms with Crippen LogP contribution in [0.5, 0.6) is 0 Å². The monoisotopic (exact) mass is 290 g/mol. The van der Waals surface area contributed by atoms with Gasteiger partial charge >= 0.3 is 5.97 Å². The highest BCUT2D eigenvalue weighted by Gasteiger charge is 2.16. The average molecular weight is 290 g/mol. The van der Waals surface area contributed by atoms with Crippen LogP contribution >= 0.6 is 11.8 Å². The van der Waals surface area contributed by atoms with Gasteiger partial charge in [0.05, 0.1) is 4.90 Å². The van der Waals surface area contributed by atoms with E-state index in [0.717, 1.165) is 17.1 Å². The molecular formula is C11H14O5S2. The summed E-state index contributed by atoms with van der Waals surface area (Å²) in [6, 6.07) is 6.18. The molecule has 0 amide bonds. The van der Waals surface area contributed by atoms with Gasteiger partial charge in [0.2, 0.25) is 0 Å². The first-order valence-electron chi connectivity index (χ1n) is 5.30. The Morgan fingerprint density at radius 1 is 1.33 bits per heavy atom. The van der Waals surface area contributed by atoms with Crippen molar-refractivity contribution in [3.05, 3.63) is 24.3 Å². The molecule has 5 nitrogen and oxygen atoms in total. The van der Waals surface area contributed by atoms with Crippen LogP contribution in [0.15, 0.2) is 34.1 Å². The second kappa shape index (κ2) is 6.77. The Balaban J connectivity index is 2.74. The van der Waals surface area contributed by atoms with Gasteiger partial charge in [0, 0.05) is 4.90 Å². The van der Waals surface area contributed by atoms with E-state index in [2.05, 4.69) is 11.1 Å². The van der Waals surface area contributed by atoms with E-state index in [4.69, 9.17) is 5.11 Å². The van der Waals surface area contributed by atoms with Gasteiger partial charge in [-0.1, -0.05) is 6.92 Å². The maximum absolute atomic E-state index is 11.6. The molecule has 100 valence electrons. The van der Waals surface area contributed by atoms with Crippen molar-refractivity contribution >= 4 is 27.8 Å². The fourth-order valence-corrected chi connectivity index (χ4v) is 2.75. The number of thioether (sulfide) groups is 1. The van der Waals surface area contributed by atoms with Crippen molar-refractivity contribution in [3.63, 3.8) is 0 Å². The fourth-order valence-electron chi connectivity index (χ4n) is 1.12. The average Bonchev–Trinajstić information content (AvgIpc) is 2.34. The highest BCUT2D eigenvalue weighted by atomic mass is 32.2. The van der Waals surface area contributed by atoms with Crippen LogP contribution in [0.1, 0.15) is 13.3 Å². The first-order chi connectivity index (χ1) is 8.45. The number of carboxylic acid groups (broad SMARTS) is 1. The Hall–Kier alpha value is -1.05. The Morgan fingerprint density at radius 2 is 1.94 bits per heavy atom. The van der Waals surface area contributed by atoms with Gasteiger partial charge in [0.1, 0.15) is 0 Å². The Kier molecular flexibility index (Phi) is 5.64. The van der Waals surface area contributed by atoms with E-state index in [9.17, 15) is 13.2 Å². The summed E-state index contributed by atoms with van der Waals surface area (Å²) in [7, 11) is -3.98. The lowest BCUT2D eigenvalue weighted by Crippen LogP contribution is -2.13. The molecule has 1 N–H and O–H groups in total. The van der Waals surface area contributed by atoms with Crippen molar-refractivity contribution in [2.45, 2.75) is 23.1 Å². The van der Waals surface area contributed by atoms with Crippen molar-refractivity contribution < 1.29 is 22.5 Å². The van der Waals surface area contributed by atoms with Gasteiger partial charge in [-0.3, -0.25) is 4.18 Å². The maximum atomic E-state index is 11.6. The molecule has 0 bridgehead atoms. The van der Waals surface area contributed by atoms with E-state index in [1.54, 1.807) is 23.9 Å². The lowest BCUT2D eigenvalue weighted by atomic mass is 10.4. The van der Waals surface area contributed by atoms with E-state index in [1.165, 1.54) is 12.1 Å². The minimum atomic E-state index is -3.98. The second-order valence-corrected chi connectivity index (χ2v) is 6.21. The second-order valence-electron chi connectivity index (χ2n) is 3.43. The molecule has 0 saturated heterocycles. The SMILES string of the molecule is CCCSc1ccc(S(=O)(=O)OCC(=O)O)cc1. The fraction of sp³-hybridized carbons (Fsp3) is 0.364. The van der Waals surface area contributed by atoms with Crippen LogP contribution in [-0.4, -0.2) is 31.9 Å². The molecule has 0 heterocycles. The molecule has 0 saturated carbocycles. The van der Waals surface area contributed by atoms with E-state index in [1.807, 2.05) is 0 Å². The minimum absolute atomic E-state index is 0.0374. The Bertz CT molecular complexity index is 493. The number of hydrogen-bond acceptors (Lipinski definition) is 5. The summed E-state index contributed by atoms with van der Waals surface area (Å²) in [5.41, 5.74) is 0. The number of hydrogen-bond donors (Lipinski definition) is 1. The van der Waals surface area contributed by atoms with E-state index < -0.39 is 22.7 Å². The third-order valence-corrected chi connectivity index (χ3v) is 4.42. The third-order valence-electron chi connectivity index (χ3n) is 1.92. The van der Waals surface area contributed by atoms with Crippen LogP contribution in [0.4, 0.5) is 0 Å². The van der Waals surface area contributed by atoms with Crippen molar-refractivity contribution in [1.29, 1.82) is 0 Å². The molecule has 0 fully saturated rings. The molecule has 0 atom stereocenters. The summed E-state index contributed by atoms with van der Waals surface area (Å²) in [6.07, 6.45) is 1.03. The number of benzene rings is 1. The number of carboxylic acids is 1. The quantitative estimate of drug-likeness (QED) is 0.611. The predicted octanol–water partition coefficient (Wildman–Crippen LogP) is 1.98. The van der Waals surface area contributed by atoms with Crippen LogP contribution in [0.2, 0.25) is 0 Å². The van der Waals surface area contributed by atoms with Crippen molar-refractivity contribution in [1.82, 2.24) is 0 Å². The molecule has 1 aromatic carbocycles. The summed E-state index contributed by atoms with van der Waals surface area (Å²) >= 11 is 1.63. The Labute approximate surface area is 110 Å². The maximum Gasteiger partial charge on any atom is 0.331 e. The van der Waals surface area contributed by atoms with E-state index in [0.29, 0.717) is 0 Å². The van der Waals surface area contributed by atoms with E-state index >= 15 is 0 Å². The summed E-state index contributed by atoms with van der Waals surface area (Å²) in [4.78, 5) is 11.2. The van der Waals surface area contributed by atoms with Gasteiger partial charge in [-0.05, 0) is 36.4 Å². The normalized spacial score (nSPS) is 11.4. The molecular weight excluding hydrogens is 276 g/mol. The zero-order valence-electron chi connectivity index (χ0n) is 9.83. The zero-order chi connectivity index (χ0) is 13.6. The highest BCUT2D eigenvalue weighted by Crippen LogP contribution is 2.21. The number of rotatable bonds is 7. The van der Waals surface area contributed by atoms with Gasteiger partial charge in [-0.15, -0.1) is 11.8 Å². The zero-order valence-corrected chi connectivity index (χ0v) is 11.5. The molecule has 0 aliphatic rings. The van der Waals surface area contributed by atoms with Gasteiger partial charge in [-0.2, -0.15) is 8.42 Å². The molecule has 0 aromatic heterocycles. The topological polar surface area (TPSA) is 80.7 Å². The molecule has 0 aliphatic heterocycles. The van der Waals surface area contributed by atoms with Crippen LogP contribution in [0, 0.1) is 0 Å². The summed E-state index contributed by atoms with van der Waals surface area (Å²) < 4.78 is 27.5. The van der Waals surface area contributed by atoms with Crippen LogP contribution in [-0.2, 0) is 19.1 Å². The highest BCUT2D eigenvalue weighted by molar-refractivity contribution is 7.99. The molecule has 0 unspecified atom stereocenters. The van der Waals surface area contributed by atoms with Crippen molar-refractivity contribution in [2.24, 2.45) is 0 Å². The molecule has 0 radical (unpaired) electrons. The summed E-state index contributed by atoms with van der Waals surface area (Å²) in [5.74, 6) is -0.365. The standard InChI is InChI=1S/C11H14O5S2/c1-2-7-17-9-3-5-10(6-4-9)18(14,15)16-8-11(12)13/h3-6H,2,7-8H2,1H3,(H,12,13). The third kappa shape index (κ3) is 4.67. The first kappa shape index (κ1) is 15.0. The number of aliphatic carboxylic acids is 1. The van der Waals surface area contributed by atoms with Gasteiger partial charge < -0.3 is 5.11 Å². The van der Waals surface area contributed by atoms with Crippen LogP contribution in [0.3, 0.4) is 0 Å².